The van der Waals surface area contributed by atoms with Crippen LogP contribution in [0.1, 0.15) is 75.5 Å². The Bertz CT molecular complexity index is 379. The van der Waals surface area contributed by atoms with E-state index in [9.17, 15) is 4.39 Å². The van der Waals surface area contributed by atoms with Gasteiger partial charge in [0, 0.05) is 6.04 Å². The molecule has 0 saturated heterocycles. The number of hydrogen-bond donors (Lipinski definition) is 2. The van der Waals surface area contributed by atoms with Crippen LogP contribution in [0.5, 0.6) is 0 Å². The molecule has 2 nitrogen and oxygen atoms in total. The summed E-state index contributed by atoms with van der Waals surface area (Å²) < 4.78 is 13.3. The second-order valence-corrected chi connectivity index (χ2v) is 5.63. The minimum atomic E-state index is -0.189. The van der Waals surface area contributed by atoms with Crippen LogP contribution in [-0.2, 0) is 0 Å². The highest BCUT2D eigenvalue weighted by Gasteiger charge is 2.12. The van der Waals surface area contributed by atoms with Crippen LogP contribution >= 0.6 is 0 Å². The van der Waals surface area contributed by atoms with Gasteiger partial charge < -0.3 is 0 Å². The highest BCUT2D eigenvalue weighted by Crippen LogP contribution is 2.23. The van der Waals surface area contributed by atoms with Crippen LogP contribution in [0.25, 0.3) is 0 Å². The zero-order valence-corrected chi connectivity index (χ0v) is 12.9. The van der Waals surface area contributed by atoms with Gasteiger partial charge in [-0.15, -0.1) is 0 Å². The summed E-state index contributed by atoms with van der Waals surface area (Å²) in [5.74, 6) is 5.44. The lowest BCUT2D eigenvalue weighted by atomic mass is 9.96. The van der Waals surface area contributed by atoms with Crippen LogP contribution in [0, 0.1) is 12.7 Å². The van der Waals surface area contributed by atoms with Gasteiger partial charge in [0.15, 0.2) is 0 Å². The summed E-state index contributed by atoms with van der Waals surface area (Å²) in [4.78, 5) is 0. The molecule has 20 heavy (non-hydrogen) atoms. The molecule has 0 spiro atoms. The summed E-state index contributed by atoms with van der Waals surface area (Å²) in [6.07, 6.45) is 9.93. The Morgan fingerprint density at radius 1 is 1.10 bits per heavy atom. The van der Waals surface area contributed by atoms with Crippen LogP contribution in [0.4, 0.5) is 4.39 Å². The number of unbranched alkanes of at least 4 members (excludes halogenated alkanes) is 6. The van der Waals surface area contributed by atoms with Crippen molar-refractivity contribution < 1.29 is 4.39 Å². The molecule has 0 bridgehead atoms. The van der Waals surface area contributed by atoms with Crippen molar-refractivity contribution in [1.29, 1.82) is 0 Å². The molecule has 0 aliphatic heterocycles. The Kier molecular flexibility index (Phi) is 8.47. The van der Waals surface area contributed by atoms with Gasteiger partial charge in [-0.3, -0.25) is 11.3 Å². The third-order valence-electron chi connectivity index (χ3n) is 3.91. The predicted molar refractivity (Wildman–Crippen MR) is 83.8 cm³/mol. The summed E-state index contributed by atoms with van der Waals surface area (Å²) in [7, 11) is 0. The Hall–Kier alpha value is -0.930. The van der Waals surface area contributed by atoms with E-state index >= 15 is 0 Å². The Labute approximate surface area is 122 Å². The first-order chi connectivity index (χ1) is 9.69. The minimum Gasteiger partial charge on any atom is -0.271 e. The minimum absolute atomic E-state index is 0.0568. The number of nitrogens with two attached hydrogens (primary N) is 1. The van der Waals surface area contributed by atoms with Crippen molar-refractivity contribution in [3.8, 4) is 0 Å². The van der Waals surface area contributed by atoms with Crippen molar-refractivity contribution in [2.45, 2.75) is 71.3 Å². The molecule has 0 radical (unpaired) electrons. The highest BCUT2D eigenvalue weighted by molar-refractivity contribution is 5.29. The number of hydrogen-bond acceptors (Lipinski definition) is 2. The Balaban J connectivity index is 2.34. The zero-order chi connectivity index (χ0) is 14.8. The largest absolute Gasteiger partial charge is 0.271 e. The molecule has 0 aliphatic rings. The molecule has 0 saturated carbocycles. The van der Waals surface area contributed by atoms with E-state index < -0.39 is 0 Å². The average molecular weight is 280 g/mol. The summed E-state index contributed by atoms with van der Waals surface area (Å²) >= 11 is 0. The van der Waals surface area contributed by atoms with Crippen molar-refractivity contribution in [2.24, 2.45) is 5.84 Å². The van der Waals surface area contributed by atoms with Crippen LogP contribution in [-0.4, -0.2) is 0 Å². The molecule has 0 fully saturated rings. The smallest absolute Gasteiger partial charge is 0.123 e. The predicted octanol–water partition coefficient (Wildman–Crippen LogP) is 4.78. The fraction of sp³-hybridized carbons (Fsp3) is 0.647. The lowest BCUT2D eigenvalue weighted by Crippen LogP contribution is -2.28. The van der Waals surface area contributed by atoms with Gasteiger partial charge in [0.1, 0.15) is 5.82 Å². The lowest BCUT2D eigenvalue weighted by molar-refractivity contribution is 0.472. The third-order valence-corrected chi connectivity index (χ3v) is 3.91. The van der Waals surface area contributed by atoms with Crippen molar-refractivity contribution >= 4 is 0 Å². The van der Waals surface area contributed by atoms with E-state index in [1.54, 1.807) is 6.07 Å². The standard InChI is InChI=1S/C17H29FN2/c1-3-4-5-6-7-8-9-10-17(20-19)16-13-15(18)12-11-14(16)2/h11-13,17,20H,3-10,19H2,1-2H3. The monoisotopic (exact) mass is 280 g/mol. The molecule has 0 amide bonds. The van der Waals surface area contributed by atoms with E-state index in [1.165, 1.54) is 44.6 Å². The number of benzene rings is 1. The van der Waals surface area contributed by atoms with Crippen molar-refractivity contribution in [2.75, 3.05) is 0 Å². The maximum atomic E-state index is 13.3. The molecule has 1 rings (SSSR count). The normalized spacial score (nSPS) is 12.6. The number of nitrogens with one attached hydrogen (secondary N) is 1. The molecule has 1 atom stereocenters. The molecule has 0 aromatic heterocycles. The van der Waals surface area contributed by atoms with Crippen LogP contribution in [0.2, 0.25) is 0 Å². The molecule has 3 N–H and O–H groups in total. The van der Waals surface area contributed by atoms with Gasteiger partial charge in [-0.1, -0.05) is 57.9 Å². The molecule has 1 aromatic carbocycles. The second kappa shape index (κ2) is 9.89. The van der Waals surface area contributed by atoms with Gasteiger partial charge in [-0.05, 0) is 36.6 Å². The highest BCUT2D eigenvalue weighted by atomic mass is 19.1. The van der Waals surface area contributed by atoms with E-state index in [2.05, 4.69) is 12.3 Å². The Morgan fingerprint density at radius 2 is 1.75 bits per heavy atom. The van der Waals surface area contributed by atoms with E-state index in [0.29, 0.717) is 0 Å². The molecule has 0 aliphatic carbocycles. The molecule has 1 unspecified atom stereocenters. The lowest BCUT2D eigenvalue weighted by Gasteiger charge is -2.18. The first-order valence-electron chi connectivity index (χ1n) is 7.91. The maximum Gasteiger partial charge on any atom is 0.123 e. The van der Waals surface area contributed by atoms with E-state index in [-0.39, 0.29) is 11.9 Å². The Morgan fingerprint density at radius 3 is 2.40 bits per heavy atom. The molecule has 1 aromatic rings. The quantitative estimate of drug-likeness (QED) is 0.368. The maximum absolute atomic E-state index is 13.3. The molecular formula is C17H29FN2. The summed E-state index contributed by atoms with van der Waals surface area (Å²) in [6, 6.07) is 4.97. The van der Waals surface area contributed by atoms with Crippen LogP contribution < -0.4 is 11.3 Å². The summed E-state index contributed by atoms with van der Waals surface area (Å²) in [5, 5.41) is 0. The molecule has 0 heterocycles. The number of aryl methyl sites for hydroxylation is 1. The van der Waals surface area contributed by atoms with Crippen LogP contribution in [0.3, 0.4) is 0 Å². The fourth-order valence-electron chi connectivity index (χ4n) is 2.62. The van der Waals surface area contributed by atoms with Crippen molar-refractivity contribution in [1.82, 2.24) is 5.43 Å². The zero-order valence-electron chi connectivity index (χ0n) is 12.9. The average Bonchev–Trinajstić information content (AvgIpc) is 2.45. The first kappa shape index (κ1) is 17.1. The number of halogens is 1. The SMILES string of the molecule is CCCCCCCCCC(NN)c1cc(F)ccc1C. The fourth-order valence-corrected chi connectivity index (χ4v) is 2.62. The number of rotatable bonds is 10. The summed E-state index contributed by atoms with van der Waals surface area (Å²) in [5.41, 5.74) is 4.91. The molecule has 3 heteroatoms. The second-order valence-electron chi connectivity index (χ2n) is 5.63. The molecule has 114 valence electrons. The van der Waals surface area contributed by atoms with E-state index in [1.807, 2.05) is 13.0 Å². The third kappa shape index (κ3) is 6.02. The molecular weight excluding hydrogens is 251 g/mol. The van der Waals surface area contributed by atoms with E-state index in [0.717, 1.165) is 24.0 Å². The van der Waals surface area contributed by atoms with Gasteiger partial charge in [-0.2, -0.15) is 0 Å². The van der Waals surface area contributed by atoms with Gasteiger partial charge in [0.2, 0.25) is 0 Å². The van der Waals surface area contributed by atoms with Gasteiger partial charge in [0.25, 0.3) is 0 Å². The van der Waals surface area contributed by atoms with Gasteiger partial charge >= 0.3 is 0 Å². The van der Waals surface area contributed by atoms with Crippen molar-refractivity contribution in [3.63, 3.8) is 0 Å². The van der Waals surface area contributed by atoms with E-state index in [4.69, 9.17) is 5.84 Å². The summed E-state index contributed by atoms with van der Waals surface area (Å²) in [6.45, 7) is 4.24. The topological polar surface area (TPSA) is 38.0 Å². The van der Waals surface area contributed by atoms with Crippen LogP contribution in [0.15, 0.2) is 18.2 Å². The van der Waals surface area contributed by atoms with Gasteiger partial charge in [0.05, 0.1) is 0 Å². The first-order valence-corrected chi connectivity index (χ1v) is 7.91. The van der Waals surface area contributed by atoms with Crippen molar-refractivity contribution in [3.05, 3.63) is 35.1 Å². The van der Waals surface area contributed by atoms with Gasteiger partial charge in [-0.25, -0.2) is 4.39 Å². The number of hydrazine groups is 1.